The maximum atomic E-state index is 11.4. The Balaban J connectivity index is 2.43. The van der Waals surface area contributed by atoms with Crippen LogP contribution in [0.2, 0.25) is 15.1 Å². The highest BCUT2D eigenvalue weighted by atomic mass is 35.5. The van der Waals surface area contributed by atoms with E-state index in [2.05, 4.69) is 10.3 Å². The van der Waals surface area contributed by atoms with E-state index < -0.39 is 0 Å². The molecule has 1 amide bonds. The fraction of sp³-hybridized carbons (Fsp3) is 0.0909. The van der Waals surface area contributed by atoms with Gasteiger partial charge in [-0.25, -0.2) is 4.98 Å². The number of benzene rings is 1. The van der Waals surface area contributed by atoms with E-state index in [0.717, 1.165) is 0 Å². The van der Waals surface area contributed by atoms with Gasteiger partial charge in [0.15, 0.2) is 0 Å². The Kier molecular flexibility index (Phi) is 3.80. The van der Waals surface area contributed by atoms with Gasteiger partial charge >= 0.3 is 0 Å². The van der Waals surface area contributed by atoms with Crippen molar-refractivity contribution >= 4 is 40.7 Å². The molecule has 1 heterocycles. The summed E-state index contributed by atoms with van der Waals surface area (Å²) in [5, 5.41) is 3.47. The quantitative estimate of drug-likeness (QED) is 0.866. The molecule has 0 aliphatic rings. The van der Waals surface area contributed by atoms with Gasteiger partial charge in [0.05, 0.1) is 15.1 Å². The largest absolute Gasteiger partial charge is 0.354 e. The Labute approximate surface area is 118 Å². The number of amides is 1. The summed E-state index contributed by atoms with van der Waals surface area (Å²) in [6, 6.07) is 3.29. The molecule has 94 valence electrons. The van der Waals surface area contributed by atoms with Gasteiger partial charge in [0.1, 0.15) is 12.0 Å². The Bertz CT molecular complexity index is 586. The lowest BCUT2D eigenvalue weighted by atomic mass is 10.3. The third-order valence-corrected chi connectivity index (χ3v) is 3.51. The first-order chi connectivity index (χ1) is 8.52. The molecule has 4 nitrogen and oxygen atoms in total. The van der Waals surface area contributed by atoms with Crippen LogP contribution < -0.4 is 5.32 Å². The van der Waals surface area contributed by atoms with Crippen LogP contribution in [0.1, 0.15) is 10.5 Å². The van der Waals surface area contributed by atoms with E-state index in [4.69, 9.17) is 34.8 Å². The molecule has 0 atom stereocenters. The van der Waals surface area contributed by atoms with E-state index in [9.17, 15) is 4.79 Å². The molecule has 0 saturated heterocycles. The van der Waals surface area contributed by atoms with Crippen molar-refractivity contribution in [1.29, 1.82) is 0 Å². The van der Waals surface area contributed by atoms with E-state index in [1.54, 1.807) is 22.9 Å². The van der Waals surface area contributed by atoms with Gasteiger partial charge in [-0.1, -0.05) is 34.8 Å². The van der Waals surface area contributed by atoms with Gasteiger partial charge in [0.25, 0.3) is 5.91 Å². The van der Waals surface area contributed by atoms with Crippen LogP contribution in [-0.4, -0.2) is 22.5 Å². The maximum absolute atomic E-state index is 11.4. The van der Waals surface area contributed by atoms with Crippen LogP contribution in [-0.2, 0) is 0 Å². The molecular weight excluding hydrogens is 297 g/mol. The standard InChI is InChI=1S/C11H8Cl3N3O/c1-15-11(18)9-4-17(5-16-9)6-2-7(12)10(14)8(13)3-6/h2-5H,1H3,(H,15,18). The third-order valence-electron chi connectivity index (χ3n) is 2.31. The average molecular weight is 305 g/mol. The normalized spacial score (nSPS) is 10.4. The van der Waals surface area contributed by atoms with Crippen molar-refractivity contribution in [3.63, 3.8) is 0 Å². The molecule has 0 unspecified atom stereocenters. The minimum Gasteiger partial charge on any atom is -0.354 e. The molecule has 0 bridgehead atoms. The third kappa shape index (κ3) is 2.46. The van der Waals surface area contributed by atoms with Crippen LogP contribution in [0.3, 0.4) is 0 Å². The van der Waals surface area contributed by atoms with Gasteiger partial charge in [-0.2, -0.15) is 0 Å². The number of carbonyl (C=O) groups is 1. The number of imidazole rings is 1. The smallest absolute Gasteiger partial charge is 0.271 e. The highest BCUT2D eigenvalue weighted by Crippen LogP contribution is 2.32. The van der Waals surface area contributed by atoms with Crippen LogP contribution in [0.15, 0.2) is 24.7 Å². The molecule has 0 aliphatic carbocycles. The number of halogens is 3. The summed E-state index contributed by atoms with van der Waals surface area (Å²) < 4.78 is 1.64. The molecule has 0 radical (unpaired) electrons. The molecule has 0 aliphatic heterocycles. The van der Waals surface area contributed by atoms with Crippen molar-refractivity contribution in [3.05, 3.63) is 45.4 Å². The predicted octanol–water partition coefficient (Wildman–Crippen LogP) is 3.19. The molecule has 1 aromatic heterocycles. The number of carbonyl (C=O) groups excluding carboxylic acids is 1. The van der Waals surface area contributed by atoms with Crippen LogP contribution in [0.25, 0.3) is 5.69 Å². The van der Waals surface area contributed by atoms with Crippen molar-refractivity contribution < 1.29 is 4.79 Å². The van der Waals surface area contributed by atoms with Gasteiger partial charge in [-0.05, 0) is 12.1 Å². The van der Waals surface area contributed by atoms with E-state index in [0.29, 0.717) is 26.4 Å². The van der Waals surface area contributed by atoms with E-state index in [1.165, 1.54) is 13.4 Å². The zero-order chi connectivity index (χ0) is 13.3. The van der Waals surface area contributed by atoms with E-state index >= 15 is 0 Å². The zero-order valence-electron chi connectivity index (χ0n) is 9.25. The molecule has 18 heavy (non-hydrogen) atoms. The first kappa shape index (κ1) is 13.2. The minimum absolute atomic E-state index is 0.264. The average Bonchev–Trinajstić information content (AvgIpc) is 2.84. The monoisotopic (exact) mass is 303 g/mol. The van der Waals surface area contributed by atoms with Crippen LogP contribution in [0.4, 0.5) is 0 Å². The van der Waals surface area contributed by atoms with Crippen molar-refractivity contribution in [2.75, 3.05) is 7.05 Å². The summed E-state index contributed by atoms with van der Waals surface area (Å²) in [7, 11) is 1.54. The minimum atomic E-state index is -0.264. The second-order valence-electron chi connectivity index (χ2n) is 3.47. The molecule has 0 fully saturated rings. The number of rotatable bonds is 2. The number of nitrogens with one attached hydrogen (secondary N) is 1. The summed E-state index contributed by atoms with van der Waals surface area (Å²) in [5.41, 5.74) is 0.983. The number of hydrogen-bond acceptors (Lipinski definition) is 2. The molecular formula is C11H8Cl3N3O. The molecule has 0 spiro atoms. The Morgan fingerprint density at radius 1 is 1.28 bits per heavy atom. The van der Waals surface area contributed by atoms with Crippen LogP contribution >= 0.6 is 34.8 Å². The summed E-state index contributed by atoms with van der Waals surface area (Å²) >= 11 is 17.7. The van der Waals surface area contributed by atoms with Gasteiger partial charge in [-0.15, -0.1) is 0 Å². The van der Waals surface area contributed by atoms with E-state index in [1.807, 2.05) is 0 Å². The Morgan fingerprint density at radius 3 is 2.44 bits per heavy atom. The molecule has 2 aromatic rings. The van der Waals surface area contributed by atoms with Gasteiger partial charge in [0, 0.05) is 18.9 Å². The fourth-order valence-electron chi connectivity index (χ4n) is 1.40. The lowest BCUT2D eigenvalue weighted by Gasteiger charge is -2.05. The molecule has 7 heteroatoms. The maximum Gasteiger partial charge on any atom is 0.271 e. The van der Waals surface area contributed by atoms with E-state index in [-0.39, 0.29) is 5.91 Å². The summed E-state index contributed by atoms with van der Waals surface area (Å²) in [6.45, 7) is 0. The molecule has 1 aromatic carbocycles. The molecule has 1 N–H and O–H groups in total. The number of nitrogens with zero attached hydrogens (tertiary/aromatic N) is 2. The van der Waals surface area contributed by atoms with Crippen molar-refractivity contribution in [1.82, 2.24) is 14.9 Å². The van der Waals surface area contributed by atoms with Crippen molar-refractivity contribution in [3.8, 4) is 5.69 Å². The highest BCUT2D eigenvalue weighted by Gasteiger charge is 2.10. The zero-order valence-corrected chi connectivity index (χ0v) is 11.5. The van der Waals surface area contributed by atoms with Crippen LogP contribution in [0, 0.1) is 0 Å². The lowest BCUT2D eigenvalue weighted by molar-refractivity contribution is 0.0958. The topological polar surface area (TPSA) is 46.9 Å². The SMILES string of the molecule is CNC(=O)c1cn(-c2cc(Cl)c(Cl)c(Cl)c2)cn1. The van der Waals surface area contributed by atoms with Gasteiger partial charge in [0.2, 0.25) is 0 Å². The molecule has 0 saturated carbocycles. The number of hydrogen-bond donors (Lipinski definition) is 1. The lowest BCUT2D eigenvalue weighted by Crippen LogP contribution is -2.17. The molecule has 2 rings (SSSR count). The summed E-state index contributed by atoms with van der Waals surface area (Å²) in [6.07, 6.45) is 3.08. The Hall–Kier alpha value is -1.23. The van der Waals surface area contributed by atoms with Gasteiger partial charge in [-0.3, -0.25) is 4.79 Å². The Morgan fingerprint density at radius 2 is 1.89 bits per heavy atom. The summed E-state index contributed by atoms with van der Waals surface area (Å²) in [4.78, 5) is 15.4. The second-order valence-corrected chi connectivity index (χ2v) is 4.66. The first-order valence-electron chi connectivity index (χ1n) is 4.94. The summed E-state index contributed by atoms with van der Waals surface area (Å²) in [5.74, 6) is -0.264. The van der Waals surface area contributed by atoms with Crippen LogP contribution in [0.5, 0.6) is 0 Å². The highest BCUT2D eigenvalue weighted by molar-refractivity contribution is 6.48. The van der Waals surface area contributed by atoms with Crippen molar-refractivity contribution in [2.45, 2.75) is 0 Å². The number of aromatic nitrogens is 2. The van der Waals surface area contributed by atoms with Crippen molar-refractivity contribution in [2.24, 2.45) is 0 Å². The van der Waals surface area contributed by atoms with Gasteiger partial charge < -0.3 is 9.88 Å². The predicted molar refractivity (Wildman–Crippen MR) is 72.0 cm³/mol. The first-order valence-corrected chi connectivity index (χ1v) is 6.07. The second kappa shape index (κ2) is 5.18. The fourth-order valence-corrected chi connectivity index (χ4v) is 1.99.